The Hall–Kier alpha value is -1.55. The summed E-state index contributed by atoms with van der Waals surface area (Å²) in [5, 5.41) is 0. The predicted molar refractivity (Wildman–Crippen MR) is 58.0 cm³/mol. The average Bonchev–Trinajstić information content (AvgIpc) is 2.72. The number of hydrogen-bond donors (Lipinski definition) is 1. The van der Waals surface area contributed by atoms with Crippen LogP contribution >= 0.6 is 0 Å². The van der Waals surface area contributed by atoms with Gasteiger partial charge in [-0.3, -0.25) is 0 Å². The number of fused-ring (bicyclic) bond motifs is 3. The van der Waals surface area contributed by atoms with Gasteiger partial charge in [0.2, 0.25) is 0 Å². The lowest BCUT2D eigenvalue weighted by molar-refractivity contribution is 0.415. The molecule has 2 heterocycles. The third kappa shape index (κ3) is 1.22. The minimum Gasteiger partial charge on any atom is -0.497 e. The van der Waals surface area contributed by atoms with E-state index in [0.29, 0.717) is 0 Å². The number of methoxy groups -OCH3 is 1. The molecule has 1 aliphatic rings. The third-order valence-electron chi connectivity index (χ3n) is 2.90. The highest BCUT2D eigenvalue weighted by Gasteiger charge is 2.21. The molecule has 0 saturated carbocycles. The highest BCUT2D eigenvalue weighted by Crippen LogP contribution is 2.25. The van der Waals surface area contributed by atoms with Gasteiger partial charge in [-0.05, 0) is 12.1 Å². The monoisotopic (exact) mass is 203 g/mol. The van der Waals surface area contributed by atoms with E-state index in [1.54, 1.807) is 7.11 Å². The molecular formula is C11H13N3O. The Bertz CT molecular complexity index is 518. The van der Waals surface area contributed by atoms with Crippen molar-refractivity contribution >= 4 is 11.0 Å². The van der Waals surface area contributed by atoms with Crippen molar-refractivity contribution in [3.05, 3.63) is 24.0 Å². The van der Waals surface area contributed by atoms with Crippen molar-refractivity contribution in [2.75, 3.05) is 7.11 Å². The molecule has 1 aromatic carbocycles. The van der Waals surface area contributed by atoms with Gasteiger partial charge in [0.1, 0.15) is 11.6 Å². The lowest BCUT2D eigenvalue weighted by atomic mass is 10.2. The quantitative estimate of drug-likeness (QED) is 0.750. The summed E-state index contributed by atoms with van der Waals surface area (Å²) in [6.45, 7) is 0.873. The second kappa shape index (κ2) is 2.97. The molecule has 2 N–H and O–H groups in total. The molecule has 0 fully saturated rings. The number of hydrogen-bond acceptors (Lipinski definition) is 3. The number of nitrogens with two attached hydrogens (primary N) is 1. The van der Waals surface area contributed by atoms with Crippen LogP contribution in [0.5, 0.6) is 5.75 Å². The lowest BCUT2D eigenvalue weighted by Crippen LogP contribution is -2.20. The molecule has 2 aromatic rings. The fourth-order valence-electron chi connectivity index (χ4n) is 2.18. The van der Waals surface area contributed by atoms with Gasteiger partial charge in [0, 0.05) is 25.1 Å². The number of aromatic nitrogens is 2. The molecule has 0 spiro atoms. The number of benzene rings is 1. The van der Waals surface area contributed by atoms with Crippen LogP contribution in [0.1, 0.15) is 5.82 Å². The van der Waals surface area contributed by atoms with Gasteiger partial charge in [-0.1, -0.05) is 0 Å². The summed E-state index contributed by atoms with van der Waals surface area (Å²) in [5.41, 5.74) is 8.04. The zero-order chi connectivity index (χ0) is 10.4. The third-order valence-corrected chi connectivity index (χ3v) is 2.90. The molecular weight excluding hydrogens is 190 g/mol. The van der Waals surface area contributed by atoms with Crippen molar-refractivity contribution in [2.24, 2.45) is 5.73 Å². The molecule has 1 aliphatic heterocycles. The maximum atomic E-state index is 5.89. The number of rotatable bonds is 1. The van der Waals surface area contributed by atoms with E-state index < -0.39 is 0 Å². The van der Waals surface area contributed by atoms with Crippen LogP contribution in [0.25, 0.3) is 11.0 Å². The first-order valence-corrected chi connectivity index (χ1v) is 5.06. The van der Waals surface area contributed by atoms with Crippen molar-refractivity contribution in [3.8, 4) is 5.75 Å². The Balaban J connectivity index is 2.19. The van der Waals surface area contributed by atoms with Gasteiger partial charge in [-0.2, -0.15) is 0 Å². The molecule has 4 nitrogen and oxygen atoms in total. The van der Waals surface area contributed by atoms with Gasteiger partial charge in [-0.15, -0.1) is 0 Å². The molecule has 15 heavy (non-hydrogen) atoms. The van der Waals surface area contributed by atoms with Crippen LogP contribution in [0.15, 0.2) is 18.2 Å². The maximum absolute atomic E-state index is 5.89. The molecule has 78 valence electrons. The molecule has 0 saturated heterocycles. The molecule has 1 unspecified atom stereocenters. The van der Waals surface area contributed by atoms with E-state index >= 15 is 0 Å². The SMILES string of the molecule is COc1ccc2c(c1)nc1n2CC(N)C1. The molecule has 1 aromatic heterocycles. The summed E-state index contributed by atoms with van der Waals surface area (Å²) >= 11 is 0. The van der Waals surface area contributed by atoms with E-state index in [4.69, 9.17) is 10.5 Å². The summed E-state index contributed by atoms with van der Waals surface area (Å²) in [4.78, 5) is 4.56. The second-order valence-electron chi connectivity index (χ2n) is 3.96. The molecule has 0 bridgehead atoms. The summed E-state index contributed by atoms with van der Waals surface area (Å²) in [6.07, 6.45) is 0.872. The fraction of sp³-hybridized carbons (Fsp3) is 0.364. The molecule has 0 radical (unpaired) electrons. The Morgan fingerprint density at radius 3 is 3.20 bits per heavy atom. The normalized spacial score (nSPS) is 19.5. The van der Waals surface area contributed by atoms with Crippen LogP contribution in [0.2, 0.25) is 0 Å². The minimum atomic E-state index is 0.221. The van der Waals surface area contributed by atoms with Crippen molar-refractivity contribution in [3.63, 3.8) is 0 Å². The summed E-state index contributed by atoms with van der Waals surface area (Å²) in [7, 11) is 1.67. The topological polar surface area (TPSA) is 53.1 Å². The van der Waals surface area contributed by atoms with Crippen molar-refractivity contribution in [1.29, 1.82) is 0 Å². The smallest absolute Gasteiger partial charge is 0.121 e. The zero-order valence-electron chi connectivity index (χ0n) is 8.60. The first-order valence-electron chi connectivity index (χ1n) is 5.06. The van der Waals surface area contributed by atoms with Gasteiger partial charge >= 0.3 is 0 Å². The summed E-state index contributed by atoms with van der Waals surface area (Å²) in [6, 6.07) is 6.19. The van der Waals surface area contributed by atoms with Gasteiger partial charge in [0.15, 0.2) is 0 Å². The van der Waals surface area contributed by atoms with E-state index in [9.17, 15) is 0 Å². The van der Waals surface area contributed by atoms with E-state index in [0.717, 1.165) is 35.6 Å². The minimum absolute atomic E-state index is 0.221. The van der Waals surface area contributed by atoms with Crippen LogP contribution in [0.4, 0.5) is 0 Å². The Morgan fingerprint density at radius 1 is 1.53 bits per heavy atom. The Kier molecular flexibility index (Phi) is 1.73. The Morgan fingerprint density at radius 2 is 2.40 bits per heavy atom. The standard InChI is InChI=1S/C11H13N3O/c1-15-8-2-3-10-9(5-8)13-11-4-7(12)6-14(10)11/h2-3,5,7H,4,6,12H2,1H3. The van der Waals surface area contributed by atoms with E-state index in [1.165, 1.54) is 0 Å². The van der Waals surface area contributed by atoms with Crippen LogP contribution in [-0.4, -0.2) is 22.7 Å². The van der Waals surface area contributed by atoms with E-state index in [1.807, 2.05) is 18.2 Å². The van der Waals surface area contributed by atoms with Gasteiger partial charge in [-0.25, -0.2) is 4.98 Å². The lowest BCUT2D eigenvalue weighted by Gasteiger charge is -2.02. The summed E-state index contributed by atoms with van der Waals surface area (Å²) in [5.74, 6) is 1.94. The van der Waals surface area contributed by atoms with Crippen LogP contribution in [0.3, 0.4) is 0 Å². The number of ether oxygens (including phenoxy) is 1. The van der Waals surface area contributed by atoms with E-state index in [2.05, 4.69) is 9.55 Å². The molecule has 3 rings (SSSR count). The number of nitrogens with zero attached hydrogens (tertiary/aromatic N) is 2. The van der Waals surface area contributed by atoms with Crippen LogP contribution in [-0.2, 0) is 13.0 Å². The first kappa shape index (κ1) is 8.73. The predicted octanol–water partition coefficient (Wildman–Crippen LogP) is 0.928. The van der Waals surface area contributed by atoms with E-state index in [-0.39, 0.29) is 6.04 Å². The number of imidazole rings is 1. The van der Waals surface area contributed by atoms with Gasteiger partial charge < -0.3 is 15.0 Å². The largest absolute Gasteiger partial charge is 0.497 e. The zero-order valence-corrected chi connectivity index (χ0v) is 8.60. The Labute approximate surface area is 87.7 Å². The molecule has 4 heteroatoms. The first-order chi connectivity index (χ1) is 7.28. The maximum Gasteiger partial charge on any atom is 0.121 e. The fourth-order valence-corrected chi connectivity index (χ4v) is 2.18. The van der Waals surface area contributed by atoms with Crippen molar-refractivity contribution in [1.82, 2.24) is 9.55 Å². The van der Waals surface area contributed by atoms with Gasteiger partial charge in [0.25, 0.3) is 0 Å². The molecule has 0 aliphatic carbocycles. The van der Waals surface area contributed by atoms with Crippen molar-refractivity contribution in [2.45, 2.75) is 19.0 Å². The summed E-state index contributed by atoms with van der Waals surface area (Å²) < 4.78 is 7.36. The van der Waals surface area contributed by atoms with Crippen LogP contribution in [0, 0.1) is 0 Å². The average molecular weight is 203 g/mol. The van der Waals surface area contributed by atoms with Crippen molar-refractivity contribution < 1.29 is 4.74 Å². The highest BCUT2D eigenvalue weighted by molar-refractivity contribution is 5.78. The second-order valence-corrected chi connectivity index (χ2v) is 3.96. The molecule has 1 atom stereocenters. The molecule has 0 amide bonds. The highest BCUT2D eigenvalue weighted by atomic mass is 16.5. The van der Waals surface area contributed by atoms with Gasteiger partial charge in [0.05, 0.1) is 18.1 Å². The van der Waals surface area contributed by atoms with Crippen LogP contribution < -0.4 is 10.5 Å².